The molecule has 3 rings (SSSR count). The van der Waals surface area contributed by atoms with Crippen molar-refractivity contribution in [3.05, 3.63) is 101 Å². The molecule has 0 aromatic heterocycles. The van der Waals surface area contributed by atoms with Crippen molar-refractivity contribution >= 4 is 23.7 Å². The van der Waals surface area contributed by atoms with Crippen LogP contribution in [0, 0.1) is 0 Å². The van der Waals surface area contributed by atoms with Gasteiger partial charge < -0.3 is 23.7 Å². The summed E-state index contributed by atoms with van der Waals surface area (Å²) in [6.07, 6.45) is -14.6. The van der Waals surface area contributed by atoms with Crippen molar-refractivity contribution in [2.24, 2.45) is 0 Å². The average molecular weight is 644 g/mol. The summed E-state index contributed by atoms with van der Waals surface area (Å²) in [4.78, 5) is 38.1. The van der Waals surface area contributed by atoms with Crippen molar-refractivity contribution < 1.29 is 64.4 Å². The largest absolute Gasteiger partial charge is 0.459 e. The lowest BCUT2D eigenvalue weighted by Crippen LogP contribution is -2.34. The van der Waals surface area contributed by atoms with E-state index in [4.69, 9.17) is 23.7 Å². The Kier molecular flexibility index (Phi) is 11.9. The number of anilines is 1. The van der Waals surface area contributed by atoms with Gasteiger partial charge in [0.05, 0.1) is 11.1 Å². The van der Waals surface area contributed by atoms with Crippen LogP contribution in [0.2, 0.25) is 0 Å². The summed E-state index contributed by atoms with van der Waals surface area (Å²) in [6.45, 7) is -1.37. The van der Waals surface area contributed by atoms with Gasteiger partial charge in [-0.3, -0.25) is 5.32 Å². The highest BCUT2D eigenvalue weighted by Gasteiger charge is 2.33. The molecule has 1 amide bonds. The van der Waals surface area contributed by atoms with E-state index in [9.17, 15) is 40.7 Å². The van der Waals surface area contributed by atoms with Crippen molar-refractivity contribution in [2.45, 2.75) is 30.7 Å². The van der Waals surface area contributed by atoms with Crippen LogP contribution in [0.25, 0.3) is 0 Å². The number of rotatable bonds is 12. The maximum Gasteiger partial charge on any atom is 0.416 e. The van der Waals surface area contributed by atoms with Crippen molar-refractivity contribution in [3.63, 3.8) is 0 Å². The van der Waals surface area contributed by atoms with E-state index in [2.05, 4.69) is 5.32 Å². The van der Waals surface area contributed by atoms with Gasteiger partial charge in [-0.25, -0.2) is 14.4 Å². The normalized spacial score (nSPS) is 13.7. The van der Waals surface area contributed by atoms with Crippen LogP contribution in [0.15, 0.2) is 78.9 Å². The molecular weight excluding hydrogens is 616 g/mol. The molecule has 0 fully saturated rings. The van der Waals surface area contributed by atoms with Crippen LogP contribution >= 0.6 is 0 Å². The second-order valence-electron chi connectivity index (χ2n) is 9.25. The second kappa shape index (κ2) is 15.4. The molecule has 3 aromatic rings. The van der Waals surface area contributed by atoms with Crippen LogP contribution < -0.4 is 5.32 Å². The molecule has 45 heavy (non-hydrogen) atoms. The summed E-state index contributed by atoms with van der Waals surface area (Å²) in [5.74, 6) is -2.19. The van der Waals surface area contributed by atoms with Gasteiger partial charge in [0.1, 0.15) is 13.2 Å². The van der Waals surface area contributed by atoms with E-state index in [-0.39, 0.29) is 11.1 Å². The number of esters is 2. The first-order chi connectivity index (χ1) is 21.2. The molecule has 0 saturated carbocycles. The number of benzene rings is 3. The molecule has 0 radical (unpaired) electrons. The van der Waals surface area contributed by atoms with Crippen molar-refractivity contribution in [2.75, 3.05) is 32.8 Å². The van der Waals surface area contributed by atoms with E-state index in [0.29, 0.717) is 5.69 Å². The van der Waals surface area contributed by atoms with Gasteiger partial charge in [-0.1, -0.05) is 42.5 Å². The number of carbonyl (C=O) groups is 3. The monoisotopic (exact) mass is 643 g/mol. The number of methoxy groups -OCH3 is 2. The number of amides is 1. The lowest BCUT2D eigenvalue weighted by Gasteiger charge is -2.23. The smallest absolute Gasteiger partial charge is 0.416 e. The molecule has 242 valence electrons. The number of alkyl halides is 6. The van der Waals surface area contributed by atoms with E-state index >= 15 is 0 Å². The Morgan fingerprint density at radius 2 is 1.09 bits per heavy atom. The third-order valence-corrected chi connectivity index (χ3v) is 6.10. The third-order valence-electron chi connectivity index (χ3n) is 6.10. The van der Waals surface area contributed by atoms with E-state index in [0.717, 1.165) is 62.8 Å². The van der Waals surface area contributed by atoms with Gasteiger partial charge in [0.15, 0.2) is 18.3 Å². The topological polar surface area (TPSA) is 109 Å². The highest BCUT2D eigenvalue weighted by atomic mass is 19.4. The zero-order valence-electron chi connectivity index (χ0n) is 23.7. The predicted molar refractivity (Wildman–Crippen MR) is 145 cm³/mol. The third kappa shape index (κ3) is 10.2. The van der Waals surface area contributed by atoms with Crippen LogP contribution in [-0.2, 0) is 45.6 Å². The first kappa shape index (κ1) is 34.9. The highest BCUT2D eigenvalue weighted by molar-refractivity contribution is 5.84. The Morgan fingerprint density at radius 1 is 0.644 bits per heavy atom. The summed E-state index contributed by atoms with van der Waals surface area (Å²) in [6, 6.07) is 15.2. The summed E-state index contributed by atoms with van der Waals surface area (Å²) in [5, 5.41) is 2.43. The van der Waals surface area contributed by atoms with Crippen LogP contribution in [0.5, 0.6) is 0 Å². The zero-order chi connectivity index (χ0) is 33.2. The quantitative estimate of drug-likeness (QED) is 0.135. The van der Waals surface area contributed by atoms with Gasteiger partial charge in [0, 0.05) is 19.9 Å². The van der Waals surface area contributed by atoms with Crippen molar-refractivity contribution in [3.8, 4) is 0 Å². The lowest BCUT2D eigenvalue weighted by atomic mass is 10.1. The minimum Gasteiger partial charge on any atom is -0.459 e. The first-order valence-corrected chi connectivity index (χ1v) is 13.0. The molecule has 0 saturated heterocycles. The van der Waals surface area contributed by atoms with Crippen LogP contribution in [0.4, 0.5) is 36.8 Å². The Bertz CT molecular complexity index is 1410. The number of ether oxygens (including phenoxy) is 5. The van der Waals surface area contributed by atoms with Crippen LogP contribution in [0.1, 0.15) is 34.5 Å². The van der Waals surface area contributed by atoms with Gasteiger partial charge in [-0.2, -0.15) is 26.3 Å². The number of hydrogen-bond acceptors (Lipinski definition) is 8. The molecule has 0 aliphatic heterocycles. The summed E-state index contributed by atoms with van der Waals surface area (Å²) >= 11 is 0. The molecule has 0 bridgehead atoms. The number of hydrogen-bond donors (Lipinski definition) is 1. The molecule has 2 unspecified atom stereocenters. The molecule has 9 nitrogen and oxygen atoms in total. The summed E-state index contributed by atoms with van der Waals surface area (Å²) < 4.78 is 104. The Labute approximate surface area is 253 Å². The first-order valence-electron chi connectivity index (χ1n) is 13.0. The molecule has 3 atom stereocenters. The van der Waals surface area contributed by atoms with E-state index in [1.54, 1.807) is 30.3 Å². The number of carbonyl (C=O) groups excluding carboxylic acids is 3. The molecule has 3 aromatic carbocycles. The molecule has 0 aliphatic carbocycles. The van der Waals surface area contributed by atoms with Gasteiger partial charge in [0.25, 0.3) is 0 Å². The van der Waals surface area contributed by atoms with Gasteiger partial charge in [-0.15, -0.1) is 0 Å². The number of halogens is 6. The molecule has 15 heteroatoms. The number of nitrogens with one attached hydrogen (secondary N) is 1. The van der Waals surface area contributed by atoms with Crippen molar-refractivity contribution in [1.29, 1.82) is 0 Å². The van der Waals surface area contributed by atoms with Crippen molar-refractivity contribution in [1.82, 2.24) is 0 Å². The summed E-state index contributed by atoms with van der Waals surface area (Å²) in [7, 11) is 2.22. The maximum atomic E-state index is 13.0. The lowest BCUT2D eigenvalue weighted by molar-refractivity contribution is -0.173. The molecule has 0 heterocycles. The van der Waals surface area contributed by atoms with E-state index in [1.165, 1.54) is 0 Å². The fourth-order valence-electron chi connectivity index (χ4n) is 3.87. The van der Waals surface area contributed by atoms with Gasteiger partial charge in [-0.05, 0) is 47.5 Å². The molecular formula is C30H27F6NO8. The average Bonchev–Trinajstić information content (AvgIpc) is 2.99. The predicted octanol–water partition coefficient (Wildman–Crippen LogP) is 6.50. The fourth-order valence-corrected chi connectivity index (χ4v) is 3.87. The van der Waals surface area contributed by atoms with Gasteiger partial charge >= 0.3 is 30.4 Å². The highest BCUT2D eigenvalue weighted by Crippen LogP contribution is 2.32. The standard InChI is InChI=1S/C30H27F6NO8/c1-41-24(18-8-12-20(13-9-18)29(31,32)33)26(38)43-16-23(17-44-28(40)37-22-6-4-3-5-7-22)45-27(39)25(42-2)19-10-14-21(15-11-19)30(34,35)36/h3-15,23-25H,16-17H2,1-2H3,(H,37,40)/t23-,24?,25?/m1/s1. The summed E-state index contributed by atoms with van der Waals surface area (Å²) in [5.41, 5.74) is -1.49. The van der Waals surface area contributed by atoms with Crippen LogP contribution in [-0.4, -0.2) is 51.6 Å². The minimum atomic E-state index is -4.62. The molecule has 0 spiro atoms. The minimum absolute atomic E-state index is 0.00994. The molecule has 0 aliphatic rings. The second-order valence-corrected chi connectivity index (χ2v) is 9.25. The molecule has 1 N–H and O–H groups in total. The Morgan fingerprint density at radius 3 is 1.53 bits per heavy atom. The number of para-hydroxylation sites is 1. The van der Waals surface area contributed by atoms with E-state index in [1.807, 2.05) is 0 Å². The fraction of sp³-hybridized carbons (Fsp3) is 0.300. The zero-order valence-corrected chi connectivity index (χ0v) is 23.7. The maximum absolute atomic E-state index is 13.0. The SMILES string of the molecule is COC(C(=O)OC[C@H](COC(=O)Nc1ccccc1)OC(=O)C(OC)c1ccc(C(F)(F)F)cc1)c1ccc(C(F)(F)F)cc1. The van der Waals surface area contributed by atoms with Gasteiger partial charge in [0.2, 0.25) is 0 Å². The van der Waals surface area contributed by atoms with Crippen LogP contribution in [0.3, 0.4) is 0 Å². The Balaban J connectivity index is 1.73. The Hall–Kier alpha value is -4.63. The van der Waals surface area contributed by atoms with E-state index < -0.39 is 73.0 Å².